The van der Waals surface area contributed by atoms with Crippen molar-refractivity contribution >= 4 is 19.7 Å². The maximum atomic E-state index is 14.0. The summed E-state index contributed by atoms with van der Waals surface area (Å²) in [6.45, 7) is 0. The molecule has 8 nitrogen and oxygen atoms in total. The van der Waals surface area contributed by atoms with Gasteiger partial charge in [-0.15, -0.1) is 0 Å². The fourth-order valence-electron chi connectivity index (χ4n) is 4.94. The van der Waals surface area contributed by atoms with Crippen LogP contribution in [0.4, 0.5) is 26.3 Å². The summed E-state index contributed by atoms with van der Waals surface area (Å²) >= 11 is 0. The van der Waals surface area contributed by atoms with Crippen LogP contribution in [0.1, 0.15) is 59.8 Å². The third-order valence-corrected chi connectivity index (χ3v) is 9.50. The second kappa shape index (κ2) is 11.2. The number of aromatic nitrogens is 4. The summed E-state index contributed by atoms with van der Waals surface area (Å²) in [7, 11) is -9.63. The lowest BCUT2D eigenvalue weighted by Crippen LogP contribution is -2.14. The summed E-state index contributed by atoms with van der Waals surface area (Å²) in [5.41, 5.74) is 1.54. The molecule has 16 heteroatoms. The molecule has 0 spiro atoms. The zero-order valence-corrected chi connectivity index (χ0v) is 22.9. The Kier molecular flexibility index (Phi) is 7.96. The molecule has 224 valence electrons. The van der Waals surface area contributed by atoms with Crippen molar-refractivity contribution in [2.24, 2.45) is 0 Å². The Morgan fingerprint density at radius 1 is 0.619 bits per heavy atom. The number of benzene rings is 2. The number of hydrogen-bond donors (Lipinski definition) is 0. The van der Waals surface area contributed by atoms with Crippen molar-refractivity contribution in [1.29, 1.82) is 0 Å². The van der Waals surface area contributed by atoms with Crippen LogP contribution in [-0.4, -0.2) is 47.9 Å². The highest BCUT2D eigenvalue weighted by Crippen LogP contribution is 2.42. The zero-order chi connectivity index (χ0) is 30.4. The zero-order valence-electron chi connectivity index (χ0n) is 21.3. The standard InChI is InChI=1S/2C13H11F3N2O2S/c2*14-9-6-10(8-4-2-1-3-5-8)18-11(9)7-12(17-18)21(19,20)13(15)16/h2*1-5,7,9-10,13H,6H2/t2*9-,10-/m10/s1. The summed E-state index contributed by atoms with van der Waals surface area (Å²) in [6, 6.07) is 18.5. The van der Waals surface area contributed by atoms with Crippen LogP contribution < -0.4 is 0 Å². The monoisotopic (exact) mass is 632 g/mol. The van der Waals surface area contributed by atoms with E-state index in [1.54, 1.807) is 60.7 Å². The summed E-state index contributed by atoms with van der Waals surface area (Å²) in [4.78, 5) is 0. The van der Waals surface area contributed by atoms with Crippen LogP contribution in [0, 0.1) is 0 Å². The minimum atomic E-state index is -4.82. The molecule has 0 saturated carbocycles. The average molecular weight is 633 g/mol. The predicted molar refractivity (Wildman–Crippen MR) is 137 cm³/mol. The van der Waals surface area contributed by atoms with Crippen LogP contribution in [-0.2, 0) is 19.7 Å². The van der Waals surface area contributed by atoms with Gasteiger partial charge >= 0.3 is 11.5 Å². The molecule has 0 fully saturated rings. The summed E-state index contributed by atoms with van der Waals surface area (Å²) in [5, 5.41) is 5.84. The first kappa shape index (κ1) is 29.8. The highest BCUT2D eigenvalue weighted by atomic mass is 32.2. The Balaban J connectivity index is 0.000000168. The van der Waals surface area contributed by atoms with E-state index in [2.05, 4.69) is 10.2 Å². The average Bonchev–Trinajstić information content (AvgIpc) is 3.73. The number of fused-ring (bicyclic) bond motifs is 2. The summed E-state index contributed by atoms with van der Waals surface area (Å²) in [6.07, 6.45) is -2.63. The van der Waals surface area contributed by atoms with Crippen LogP contribution in [0.5, 0.6) is 0 Å². The molecule has 0 unspecified atom stereocenters. The predicted octanol–water partition coefficient (Wildman–Crippen LogP) is 5.77. The van der Waals surface area contributed by atoms with Crippen molar-refractivity contribution in [3.8, 4) is 0 Å². The lowest BCUT2D eigenvalue weighted by molar-refractivity contribution is 0.234. The van der Waals surface area contributed by atoms with Crippen LogP contribution in [0.3, 0.4) is 0 Å². The molecule has 2 aromatic heterocycles. The molecule has 0 amide bonds. The Morgan fingerprint density at radius 2 is 0.952 bits per heavy atom. The molecule has 0 aliphatic carbocycles. The van der Waals surface area contributed by atoms with Crippen LogP contribution >= 0.6 is 0 Å². The second-order valence-corrected chi connectivity index (χ2v) is 13.3. The van der Waals surface area contributed by atoms with E-state index in [-0.39, 0.29) is 24.2 Å². The molecule has 4 heterocycles. The van der Waals surface area contributed by atoms with Gasteiger partial charge in [0, 0.05) is 25.0 Å². The lowest BCUT2D eigenvalue weighted by Gasteiger charge is -2.12. The van der Waals surface area contributed by atoms with E-state index in [1.807, 2.05) is 0 Å². The van der Waals surface area contributed by atoms with Gasteiger partial charge in [0.1, 0.15) is 12.3 Å². The number of rotatable bonds is 6. The number of sulfone groups is 2. The van der Waals surface area contributed by atoms with Gasteiger partial charge < -0.3 is 0 Å². The molecule has 0 N–H and O–H groups in total. The first-order valence-corrected chi connectivity index (χ1v) is 15.5. The van der Waals surface area contributed by atoms with Gasteiger partial charge in [-0.25, -0.2) is 25.6 Å². The molecule has 4 atom stereocenters. The first-order chi connectivity index (χ1) is 19.8. The molecule has 2 aliphatic heterocycles. The Bertz CT molecular complexity index is 1650. The number of hydrogen-bond acceptors (Lipinski definition) is 6. The molecule has 0 saturated heterocycles. The van der Waals surface area contributed by atoms with Gasteiger partial charge in [-0.1, -0.05) is 60.7 Å². The van der Waals surface area contributed by atoms with Gasteiger partial charge in [-0.05, 0) is 11.1 Å². The smallest absolute Gasteiger partial charge is 0.258 e. The molecule has 4 aromatic rings. The van der Waals surface area contributed by atoms with Gasteiger partial charge in [0.2, 0.25) is 0 Å². The van der Waals surface area contributed by atoms with Gasteiger partial charge in [-0.2, -0.15) is 27.8 Å². The normalized spacial score (nSPS) is 21.7. The molecule has 6 rings (SSSR count). The van der Waals surface area contributed by atoms with Crippen molar-refractivity contribution in [2.75, 3.05) is 0 Å². The second-order valence-electron chi connectivity index (χ2n) is 9.57. The largest absolute Gasteiger partial charge is 0.342 e. The molecule has 42 heavy (non-hydrogen) atoms. The van der Waals surface area contributed by atoms with Crippen LogP contribution in [0.2, 0.25) is 0 Å². The van der Waals surface area contributed by atoms with Gasteiger partial charge in [0.25, 0.3) is 19.7 Å². The van der Waals surface area contributed by atoms with E-state index in [4.69, 9.17) is 0 Å². The Labute approximate surface area is 236 Å². The van der Waals surface area contributed by atoms with E-state index in [0.717, 1.165) is 23.3 Å². The van der Waals surface area contributed by atoms with Crippen molar-refractivity contribution in [2.45, 2.75) is 58.8 Å². The molecular weight excluding hydrogens is 610 g/mol. The first-order valence-electron chi connectivity index (χ1n) is 12.4. The van der Waals surface area contributed by atoms with E-state index >= 15 is 0 Å². The van der Waals surface area contributed by atoms with E-state index in [9.17, 15) is 43.2 Å². The molecule has 0 bridgehead atoms. The minimum Gasteiger partial charge on any atom is -0.258 e. The van der Waals surface area contributed by atoms with Crippen molar-refractivity contribution in [3.63, 3.8) is 0 Å². The quantitative estimate of drug-likeness (QED) is 0.250. The number of alkyl halides is 6. The van der Waals surface area contributed by atoms with Crippen molar-refractivity contribution in [1.82, 2.24) is 19.6 Å². The molecule has 2 aliphatic rings. The van der Waals surface area contributed by atoms with Crippen LogP contribution in [0.15, 0.2) is 82.8 Å². The highest BCUT2D eigenvalue weighted by molar-refractivity contribution is 7.91. The molecule has 0 radical (unpaired) electrons. The third kappa shape index (κ3) is 5.32. The fourth-order valence-corrected chi connectivity index (χ4v) is 6.28. The fraction of sp³-hybridized carbons (Fsp3) is 0.308. The molecule has 2 aromatic carbocycles. The van der Waals surface area contributed by atoms with Gasteiger partial charge in [0.05, 0.1) is 23.5 Å². The van der Waals surface area contributed by atoms with E-state index in [1.165, 1.54) is 9.36 Å². The van der Waals surface area contributed by atoms with Gasteiger partial charge in [-0.3, -0.25) is 9.36 Å². The van der Waals surface area contributed by atoms with E-state index in [0.29, 0.717) is 0 Å². The maximum Gasteiger partial charge on any atom is 0.342 e. The highest BCUT2D eigenvalue weighted by Gasteiger charge is 2.39. The van der Waals surface area contributed by atoms with E-state index < -0.39 is 65.7 Å². The summed E-state index contributed by atoms with van der Waals surface area (Å²) in [5.74, 6) is -7.14. The number of halogens is 6. The van der Waals surface area contributed by atoms with Crippen molar-refractivity contribution < 1.29 is 43.2 Å². The minimum absolute atomic E-state index is 0.0167. The SMILES string of the molecule is O=S(=O)(c1cc2n(n1)[C@@H](c1ccccc1)C[C@H]2F)C(F)F.O=S(=O)(c1cc2n(n1)[C@H](c1ccccc1)C[C@@H]2F)C(F)F. The Morgan fingerprint density at radius 3 is 1.26 bits per heavy atom. The van der Waals surface area contributed by atoms with Crippen molar-refractivity contribution in [3.05, 3.63) is 95.3 Å². The topological polar surface area (TPSA) is 104 Å². The third-order valence-electron chi connectivity index (χ3n) is 7.00. The van der Waals surface area contributed by atoms with Crippen LogP contribution in [0.25, 0.3) is 0 Å². The maximum absolute atomic E-state index is 14.0. The number of nitrogens with zero attached hydrogens (tertiary/aromatic N) is 4. The van der Waals surface area contributed by atoms with Gasteiger partial charge in [0.15, 0.2) is 10.1 Å². The Hall–Kier alpha value is -3.66. The summed E-state index contributed by atoms with van der Waals surface area (Å²) < 4.78 is 126. The molecular formula is C26H22F6N4O4S2. The lowest BCUT2D eigenvalue weighted by atomic mass is 10.0.